The van der Waals surface area contributed by atoms with Gasteiger partial charge in [0.25, 0.3) is 5.69 Å². The van der Waals surface area contributed by atoms with Gasteiger partial charge in [-0.15, -0.1) is 0 Å². The monoisotopic (exact) mass is 191 g/mol. The third-order valence-electron chi connectivity index (χ3n) is 1.88. The van der Waals surface area contributed by atoms with Gasteiger partial charge in [0.1, 0.15) is 11.6 Å². The SMILES string of the molecule is O=[N+]([O-])c1cc[n+]([O-])c2cnccc12. The highest BCUT2D eigenvalue weighted by molar-refractivity contribution is 5.84. The van der Waals surface area contributed by atoms with E-state index in [0.717, 1.165) is 6.20 Å². The summed E-state index contributed by atoms with van der Waals surface area (Å²) in [5.74, 6) is 0. The number of fused-ring (bicyclic) bond motifs is 1. The Balaban J connectivity index is 2.88. The third kappa shape index (κ3) is 1.13. The number of hydrogen-bond donors (Lipinski definition) is 0. The van der Waals surface area contributed by atoms with E-state index in [-0.39, 0.29) is 11.2 Å². The van der Waals surface area contributed by atoms with Crippen LogP contribution in [0.3, 0.4) is 0 Å². The first-order valence-electron chi connectivity index (χ1n) is 3.80. The van der Waals surface area contributed by atoms with Crippen LogP contribution in [0.15, 0.2) is 30.7 Å². The molecule has 0 saturated heterocycles. The molecule has 2 rings (SSSR count). The average molecular weight is 191 g/mol. The fourth-order valence-electron chi connectivity index (χ4n) is 1.25. The Bertz CT molecular complexity index is 512. The quantitative estimate of drug-likeness (QED) is 0.288. The van der Waals surface area contributed by atoms with Crippen LogP contribution in [0.1, 0.15) is 0 Å². The molecule has 0 aliphatic heterocycles. The highest BCUT2D eigenvalue weighted by Gasteiger charge is 2.16. The van der Waals surface area contributed by atoms with E-state index < -0.39 is 4.92 Å². The molecule has 0 amide bonds. The van der Waals surface area contributed by atoms with Gasteiger partial charge in [-0.3, -0.25) is 15.1 Å². The van der Waals surface area contributed by atoms with Gasteiger partial charge in [-0.25, -0.2) is 0 Å². The van der Waals surface area contributed by atoms with E-state index in [1.54, 1.807) is 0 Å². The van der Waals surface area contributed by atoms with Crippen molar-refractivity contribution in [3.8, 4) is 0 Å². The summed E-state index contributed by atoms with van der Waals surface area (Å²) in [5.41, 5.74) is 0.108. The second-order valence-electron chi connectivity index (χ2n) is 2.68. The van der Waals surface area contributed by atoms with Gasteiger partial charge in [0.2, 0.25) is 5.52 Å². The fourth-order valence-corrected chi connectivity index (χ4v) is 1.25. The Morgan fingerprint density at radius 3 is 2.93 bits per heavy atom. The summed E-state index contributed by atoms with van der Waals surface area (Å²) in [7, 11) is 0. The molecule has 14 heavy (non-hydrogen) atoms. The molecule has 70 valence electrons. The van der Waals surface area contributed by atoms with E-state index in [1.165, 1.54) is 24.5 Å². The van der Waals surface area contributed by atoms with Crippen molar-refractivity contribution in [3.05, 3.63) is 46.0 Å². The van der Waals surface area contributed by atoms with Crippen molar-refractivity contribution in [2.45, 2.75) is 0 Å². The molecule has 0 aromatic carbocycles. The first kappa shape index (κ1) is 8.36. The number of pyridine rings is 2. The van der Waals surface area contributed by atoms with E-state index in [2.05, 4.69) is 4.98 Å². The second-order valence-corrected chi connectivity index (χ2v) is 2.68. The number of rotatable bonds is 1. The first-order chi connectivity index (χ1) is 6.70. The molecular weight excluding hydrogens is 186 g/mol. The molecular formula is C8H5N3O3. The minimum absolute atomic E-state index is 0.0884. The molecule has 2 heterocycles. The lowest BCUT2D eigenvalue weighted by Crippen LogP contribution is -2.26. The summed E-state index contributed by atoms with van der Waals surface area (Å²) < 4.78 is 0.551. The zero-order valence-corrected chi connectivity index (χ0v) is 6.95. The molecule has 0 spiro atoms. The van der Waals surface area contributed by atoms with Crippen LogP contribution in [0.5, 0.6) is 0 Å². The van der Waals surface area contributed by atoms with E-state index in [9.17, 15) is 15.3 Å². The number of aromatic nitrogens is 2. The zero-order valence-electron chi connectivity index (χ0n) is 6.95. The van der Waals surface area contributed by atoms with Crippen molar-refractivity contribution in [1.29, 1.82) is 0 Å². The maximum Gasteiger partial charge on any atom is 0.289 e. The van der Waals surface area contributed by atoms with E-state index >= 15 is 0 Å². The standard InChI is InChI=1S/C8H5N3O3/c12-10-4-2-7(11(13)14)6-1-3-9-5-8(6)10/h1-5H. The van der Waals surface area contributed by atoms with Crippen molar-refractivity contribution in [2.75, 3.05) is 0 Å². The number of hydrogen-bond acceptors (Lipinski definition) is 4. The van der Waals surface area contributed by atoms with Crippen LogP contribution < -0.4 is 4.73 Å². The molecule has 0 fully saturated rings. The Morgan fingerprint density at radius 2 is 2.21 bits per heavy atom. The molecule has 0 N–H and O–H groups in total. The highest BCUT2D eigenvalue weighted by Crippen LogP contribution is 2.20. The third-order valence-corrected chi connectivity index (χ3v) is 1.88. The van der Waals surface area contributed by atoms with Crippen molar-refractivity contribution in [1.82, 2.24) is 4.98 Å². The van der Waals surface area contributed by atoms with Gasteiger partial charge in [0.05, 0.1) is 11.0 Å². The minimum atomic E-state index is -0.525. The minimum Gasteiger partial charge on any atom is -0.618 e. The lowest BCUT2D eigenvalue weighted by Gasteiger charge is -2.00. The number of nitro groups is 1. The zero-order chi connectivity index (χ0) is 10.1. The first-order valence-corrected chi connectivity index (χ1v) is 3.80. The maximum atomic E-state index is 11.2. The van der Waals surface area contributed by atoms with E-state index in [1.807, 2.05) is 0 Å². The fraction of sp³-hybridized carbons (Fsp3) is 0. The number of nitrogens with zero attached hydrogens (tertiary/aromatic N) is 3. The van der Waals surface area contributed by atoms with Crippen LogP contribution in [0, 0.1) is 15.3 Å². The lowest BCUT2D eigenvalue weighted by molar-refractivity contribution is -0.577. The largest absolute Gasteiger partial charge is 0.618 e. The van der Waals surface area contributed by atoms with Gasteiger partial charge in [-0.05, 0) is 6.07 Å². The molecule has 2 aromatic heterocycles. The van der Waals surface area contributed by atoms with Crippen molar-refractivity contribution in [2.24, 2.45) is 0 Å². The Labute approximate surface area is 78.2 Å². The predicted octanol–water partition coefficient (Wildman–Crippen LogP) is 0.776. The highest BCUT2D eigenvalue weighted by atomic mass is 16.6. The van der Waals surface area contributed by atoms with Crippen LogP contribution in [-0.2, 0) is 0 Å². The van der Waals surface area contributed by atoms with Gasteiger partial charge < -0.3 is 5.21 Å². The molecule has 0 saturated carbocycles. The summed E-state index contributed by atoms with van der Waals surface area (Å²) in [6, 6.07) is 2.62. The Kier molecular flexibility index (Phi) is 1.74. The topological polar surface area (TPSA) is 83.0 Å². The summed E-state index contributed by atoms with van der Waals surface area (Å²) in [5, 5.41) is 22.1. The molecule has 0 aliphatic carbocycles. The summed E-state index contributed by atoms with van der Waals surface area (Å²) in [4.78, 5) is 13.8. The van der Waals surface area contributed by atoms with E-state index in [4.69, 9.17) is 0 Å². The van der Waals surface area contributed by atoms with Gasteiger partial charge in [-0.1, -0.05) is 0 Å². The molecule has 2 aromatic rings. The van der Waals surface area contributed by atoms with Gasteiger partial charge in [-0.2, -0.15) is 4.73 Å². The molecule has 0 radical (unpaired) electrons. The van der Waals surface area contributed by atoms with Crippen molar-refractivity contribution in [3.63, 3.8) is 0 Å². The van der Waals surface area contributed by atoms with Crippen LogP contribution >= 0.6 is 0 Å². The second kappa shape index (κ2) is 2.91. The maximum absolute atomic E-state index is 11.2. The molecule has 6 nitrogen and oxygen atoms in total. The lowest BCUT2D eigenvalue weighted by atomic mass is 10.2. The summed E-state index contributed by atoms with van der Waals surface area (Å²) in [6.07, 6.45) is 3.81. The van der Waals surface area contributed by atoms with Crippen LogP contribution in [0.25, 0.3) is 10.9 Å². The van der Waals surface area contributed by atoms with Gasteiger partial charge in [0.15, 0.2) is 6.20 Å². The smallest absolute Gasteiger partial charge is 0.289 e. The van der Waals surface area contributed by atoms with Crippen LogP contribution in [-0.4, -0.2) is 9.91 Å². The van der Waals surface area contributed by atoms with Gasteiger partial charge in [0, 0.05) is 6.20 Å². The molecule has 0 bridgehead atoms. The van der Waals surface area contributed by atoms with Crippen LogP contribution in [0.2, 0.25) is 0 Å². The predicted molar refractivity (Wildman–Crippen MR) is 47.4 cm³/mol. The Hall–Kier alpha value is -2.24. The molecule has 6 heteroatoms. The van der Waals surface area contributed by atoms with Crippen molar-refractivity contribution < 1.29 is 9.65 Å². The Morgan fingerprint density at radius 1 is 1.43 bits per heavy atom. The summed E-state index contributed by atoms with van der Waals surface area (Å²) >= 11 is 0. The van der Waals surface area contributed by atoms with Crippen LogP contribution in [0.4, 0.5) is 5.69 Å². The van der Waals surface area contributed by atoms with Gasteiger partial charge >= 0.3 is 0 Å². The average Bonchev–Trinajstić information content (AvgIpc) is 2.18. The molecule has 0 aliphatic rings. The van der Waals surface area contributed by atoms with Crippen molar-refractivity contribution >= 4 is 16.6 Å². The summed E-state index contributed by atoms with van der Waals surface area (Å²) in [6.45, 7) is 0. The molecule has 0 unspecified atom stereocenters. The van der Waals surface area contributed by atoms with E-state index in [0.29, 0.717) is 10.1 Å². The molecule has 0 atom stereocenters. The normalized spacial score (nSPS) is 10.3.